The highest BCUT2D eigenvalue weighted by Crippen LogP contribution is 2.33. The van der Waals surface area contributed by atoms with Gasteiger partial charge in [-0.2, -0.15) is 0 Å². The fraction of sp³-hybridized carbons (Fsp3) is 0.355. The number of rotatable bonds is 12. The molecular formula is C31H36Cl2FN3O6S. The van der Waals surface area contributed by atoms with Gasteiger partial charge in [-0.05, 0) is 81.3 Å². The van der Waals surface area contributed by atoms with E-state index in [0.717, 1.165) is 16.4 Å². The summed E-state index contributed by atoms with van der Waals surface area (Å²) in [7, 11) is -1.66. The van der Waals surface area contributed by atoms with Crippen molar-refractivity contribution in [3.05, 3.63) is 82.1 Å². The lowest BCUT2D eigenvalue weighted by Gasteiger charge is -2.35. The first-order valence-electron chi connectivity index (χ1n) is 13.7. The van der Waals surface area contributed by atoms with Crippen LogP contribution < -0.4 is 19.1 Å². The van der Waals surface area contributed by atoms with Crippen molar-refractivity contribution in [3.8, 4) is 11.5 Å². The number of ether oxygens (including phenoxy) is 2. The van der Waals surface area contributed by atoms with E-state index in [0.29, 0.717) is 16.3 Å². The lowest BCUT2D eigenvalue weighted by Crippen LogP contribution is -2.55. The summed E-state index contributed by atoms with van der Waals surface area (Å²) < 4.78 is 53.5. The molecule has 13 heteroatoms. The van der Waals surface area contributed by atoms with Crippen LogP contribution in [0.25, 0.3) is 0 Å². The fourth-order valence-electron chi connectivity index (χ4n) is 4.45. The number of halogens is 3. The molecule has 2 amide bonds. The van der Waals surface area contributed by atoms with Gasteiger partial charge in [0.05, 0.1) is 24.8 Å². The Morgan fingerprint density at radius 3 is 2.14 bits per heavy atom. The number of carbonyl (C=O) groups excluding carboxylic acids is 2. The Labute approximate surface area is 267 Å². The highest BCUT2D eigenvalue weighted by Gasteiger charge is 2.35. The van der Waals surface area contributed by atoms with Crippen LogP contribution in [0.1, 0.15) is 39.7 Å². The monoisotopic (exact) mass is 667 g/mol. The quantitative estimate of drug-likeness (QED) is 0.252. The van der Waals surface area contributed by atoms with E-state index in [1.807, 2.05) is 20.8 Å². The number of hydrogen-bond acceptors (Lipinski definition) is 6. The normalized spacial score (nSPS) is 12.3. The van der Waals surface area contributed by atoms with Crippen LogP contribution in [0.2, 0.25) is 10.0 Å². The molecule has 1 atom stereocenters. The maximum absolute atomic E-state index is 14.2. The summed E-state index contributed by atoms with van der Waals surface area (Å²) in [6.07, 6.45) is 0.220. The average molecular weight is 669 g/mol. The summed E-state index contributed by atoms with van der Waals surface area (Å²) in [6, 6.07) is 12.5. The zero-order valence-corrected chi connectivity index (χ0v) is 27.7. The second-order valence-corrected chi connectivity index (χ2v) is 13.6. The van der Waals surface area contributed by atoms with Gasteiger partial charge in [0.2, 0.25) is 11.8 Å². The molecule has 3 aromatic rings. The second kappa shape index (κ2) is 14.5. The van der Waals surface area contributed by atoms with Crippen molar-refractivity contribution in [1.29, 1.82) is 0 Å². The third kappa shape index (κ3) is 8.55. The molecule has 0 saturated carbocycles. The highest BCUT2D eigenvalue weighted by atomic mass is 35.5. The first-order chi connectivity index (χ1) is 20.6. The minimum atomic E-state index is -4.44. The Morgan fingerprint density at radius 1 is 0.955 bits per heavy atom. The zero-order chi connectivity index (χ0) is 32.8. The zero-order valence-electron chi connectivity index (χ0n) is 25.4. The SMILES string of the molecule is CCC(C(=O)NC(C)(C)C)N(Cc1ccc(Cl)cc1Cl)C(=O)CN(c1ccc(F)cc1)S(=O)(=O)c1ccc(OC)c(OC)c1. The van der Waals surface area contributed by atoms with E-state index in [4.69, 9.17) is 32.7 Å². The summed E-state index contributed by atoms with van der Waals surface area (Å²) in [5.74, 6) is -1.25. The molecule has 0 aliphatic rings. The van der Waals surface area contributed by atoms with Crippen LogP contribution in [0.5, 0.6) is 11.5 Å². The van der Waals surface area contributed by atoms with Gasteiger partial charge in [-0.15, -0.1) is 0 Å². The lowest BCUT2D eigenvalue weighted by molar-refractivity contribution is -0.141. The van der Waals surface area contributed by atoms with E-state index in [2.05, 4.69) is 5.32 Å². The highest BCUT2D eigenvalue weighted by molar-refractivity contribution is 7.92. The molecule has 0 bridgehead atoms. The molecule has 44 heavy (non-hydrogen) atoms. The molecule has 3 rings (SSSR count). The first kappa shape index (κ1) is 34.9. The number of benzene rings is 3. The van der Waals surface area contributed by atoms with Gasteiger partial charge in [0, 0.05) is 28.2 Å². The predicted octanol–water partition coefficient (Wildman–Crippen LogP) is 6.07. The number of hydrogen-bond donors (Lipinski definition) is 1. The van der Waals surface area contributed by atoms with Crippen molar-refractivity contribution in [2.24, 2.45) is 0 Å². The molecule has 3 aromatic carbocycles. The van der Waals surface area contributed by atoms with Crippen molar-refractivity contribution in [2.45, 2.75) is 57.1 Å². The van der Waals surface area contributed by atoms with Crippen LogP contribution in [0, 0.1) is 5.82 Å². The van der Waals surface area contributed by atoms with E-state index < -0.39 is 45.8 Å². The summed E-state index contributed by atoms with van der Waals surface area (Å²) in [4.78, 5) is 28.7. The van der Waals surface area contributed by atoms with Crippen molar-refractivity contribution in [1.82, 2.24) is 10.2 Å². The minimum absolute atomic E-state index is 0.0335. The summed E-state index contributed by atoms with van der Waals surface area (Å²) >= 11 is 12.5. The largest absolute Gasteiger partial charge is 0.493 e. The maximum Gasteiger partial charge on any atom is 0.264 e. The number of methoxy groups -OCH3 is 2. The molecule has 0 aromatic heterocycles. The van der Waals surface area contributed by atoms with Gasteiger partial charge >= 0.3 is 0 Å². The van der Waals surface area contributed by atoms with Gasteiger partial charge < -0.3 is 19.7 Å². The van der Waals surface area contributed by atoms with E-state index in [-0.39, 0.29) is 34.3 Å². The molecule has 238 valence electrons. The Balaban J connectivity index is 2.13. The molecule has 0 radical (unpaired) electrons. The fourth-order valence-corrected chi connectivity index (χ4v) is 6.34. The Kier molecular flexibility index (Phi) is 11.5. The molecule has 1 N–H and O–H groups in total. The summed E-state index contributed by atoms with van der Waals surface area (Å²) in [6.45, 7) is 6.35. The number of sulfonamides is 1. The Morgan fingerprint density at radius 2 is 1.59 bits per heavy atom. The molecule has 1 unspecified atom stereocenters. The molecule has 0 saturated heterocycles. The van der Waals surface area contributed by atoms with Gasteiger partial charge in [0.1, 0.15) is 18.4 Å². The van der Waals surface area contributed by atoms with Crippen LogP contribution in [0.15, 0.2) is 65.6 Å². The summed E-state index contributed by atoms with van der Waals surface area (Å²) in [5.41, 5.74) is -0.0673. The number of amides is 2. The van der Waals surface area contributed by atoms with Crippen molar-refractivity contribution >= 4 is 50.7 Å². The van der Waals surface area contributed by atoms with Gasteiger partial charge in [0.25, 0.3) is 10.0 Å². The van der Waals surface area contributed by atoms with Crippen molar-refractivity contribution in [3.63, 3.8) is 0 Å². The number of carbonyl (C=O) groups is 2. The third-order valence-corrected chi connectivity index (χ3v) is 8.93. The van der Waals surface area contributed by atoms with Gasteiger partial charge in [-0.3, -0.25) is 13.9 Å². The molecule has 0 spiro atoms. The molecule has 0 aliphatic heterocycles. The van der Waals surface area contributed by atoms with Gasteiger partial charge in [-0.25, -0.2) is 12.8 Å². The lowest BCUT2D eigenvalue weighted by atomic mass is 10.1. The van der Waals surface area contributed by atoms with Crippen LogP contribution in [0.3, 0.4) is 0 Å². The van der Waals surface area contributed by atoms with E-state index >= 15 is 0 Å². The second-order valence-electron chi connectivity index (χ2n) is 10.9. The van der Waals surface area contributed by atoms with Gasteiger partial charge in [0.15, 0.2) is 11.5 Å². The first-order valence-corrected chi connectivity index (χ1v) is 15.9. The van der Waals surface area contributed by atoms with Crippen LogP contribution in [-0.4, -0.2) is 57.5 Å². The van der Waals surface area contributed by atoms with Crippen molar-refractivity contribution < 1.29 is 31.9 Å². The van der Waals surface area contributed by atoms with Crippen LogP contribution in [0.4, 0.5) is 10.1 Å². The van der Waals surface area contributed by atoms with Crippen LogP contribution >= 0.6 is 23.2 Å². The third-order valence-electron chi connectivity index (χ3n) is 6.58. The molecule has 0 heterocycles. The van der Waals surface area contributed by atoms with Crippen LogP contribution in [-0.2, 0) is 26.2 Å². The molecule has 0 aliphatic carbocycles. The van der Waals surface area contributed by atoms with Crippen molar-refractivity contribution in [2.75, 3.05) is 25.1 Å². The standard InChI is InChI=1S/C31H36Cl2FN3O6S/c1-7-26(30(39)35-31(2,3)4)36(18-20-8-9-21(32)16-25(20)33)29(38)19-37(23-12-10-22(34)11-13-23)44(40,41)24-14-15-27(42-5)28(17-24)43-6/h8-17,26H,7,18-19H2,1-6H3,(H,35,39). The van der Waals surface area contributed by atoms with E-state index in [1.165, 1.54) is 55.5 Å². The van der Waals surface area contributed by atoms with Gasteiger partial charge in [-0.1, -0.05) is 36.2 Å². The Hall–Kier alpha value is -3.54. The number of nitrogens with one attached hydrogen (secondary N) is 1. The topological polar surface area (TPSA) is 105 Å². The number of nitrogens with zero attached hydrogens (tertiary/aromatic N) is 2. The maximum atomic E-state index is 14.2. The van der Waals surface area contributed by atoms with E-state index in [1.54, 1.807) is 19.1 Å². The summed E-state index contributed by atoms with van der Waals surface area (Å²) in [5, 5.41) is 3.56. The predicted molar refractivity (Wildman–Crippen MR) is 169 cm³/mol. The average Bonchev–Trinajstić information content (AvgIpc) is 2.95. The molecule has 9 nitrogen and oxygen atoms in total. The molecule has 0 fully saturated rings. The number of anilines is 1. The Bertz CT molecular complexity index is 1600. The van der Waals surface area contributed by atoms with E-state index in [9.17, 15) is 22.4 Å². The molecular weight excluding hydrogens is 632 g/mol. The minimum Gasteiger partial charge on any atom is -0.493 e. The smallest absolute Gasteiger partial charge is 0.264 e.